The van der Waals surface area contributed by atoms with Crippen LogP contribution in [0.1, 0.15) is 52.1 Å². The van der Waals surface area contributed by atoms with Gasteiger partial charge in [-0.2, -0.15) is 10.4 Å². The first-order valence-corrected chi connectivity index (χ1v) is 9.55. The number of hydrogen-bond donors (Lipinski definition) is 1. The highest BCUT2D eigenvalue weighted by Crippen LogP contribution is 2.32. The standard InChI is InChI=1S/C22H19FN4O3/c1-13-10-26(21(28)15-4-2-3-5-15)12-17-19(22(29)30)25-27(20(13)17)11-14-6-7-18(23)16(8-14)9-24/h2-4,6-8,13H,5,10-12H2,1H3,(H,29,30). The Morgan fingerprint density at radius 3 is 2.87 bits per heavy atom. The number of carboxylic acids is 1. The molecule has 1 N–H and O–H groups in total. The third kappa shape index (κ3) is 3.39. The number of benzene rings is 1. The van der Waals surface area contributed by atoms with Crippen molar-refractivity contribution < 1.29 is 19.1 Å². The second-order valence-electron chi connectivity index (χ2n) is 7.51. The van der Waals surface area contributed by atoms with Crippen LogP contribution in [0.3, 0.4) is 0 Å². The molecule has 2 aliphatic rings. The predicted molar refractivity (Wildman–Crippen MR) is 105 cm³/mol. The van der Waals surface area contributed by atoms with Crippen molar-refractivity contribution in [3.63, 3.8) is 0 Å². The van der Waals surface area contributed by atoms with Crippen LogP contribution in [0.25, 0.3) is 0 Å². The van der Waals surface area contributed by atoms with Crippen LogP contribution in [0.15, 0.2) is 42.0 Å². The molecule has 0 saturated heterocycles. The maximum Gasteiger partial charge on any atom is 0.356 e. The number of halogens is 1. The van der Waals surface area contributed by atoms with E-state index >= 15 is 0 Å². The van der Waals surface area contributed by atoms with E-state index in [0.29, 0.717) is 29.7 Å². The zero-order valence-corrected chi connectivity index (χ0v) is 16.3. The molecule has 152 valence electrons. The minimum absolute atomic E-state index is 0.0738. The molecule has 1 atom stereocenters. The summed E-state index contributed by atoms with van der Waals surface area (Å²) in [5, 5.41) is 23.0. The first kappa shape index (κ1) is 19.6. The van der Waals surface area contributed by atoms with E-state index in [2.05, 4.69) is 5.10 Å². The van der Waals surface area contributed by atoms with Gasteiger partial charge in [0.2, 0.25) is 5.91 Å². The number of nitrogens with zero attached hydrogens (tertiary/aromatic N) is 4. The summed E-state index contributed by atoms with van der Waals surface area (Å²) in [6.07, 6.45) is 6.11. The summed E-state index contributed by atoms with van der Waals surface area (Å²) < 4.78 is 15.2. The van der Waals surface area contributed by atoms with Gasteiger partial charge in [0.1, 0.15) is 11.9 Å². The van der Waals surface area contributed by atoms with E-state index in [4.69, 9.17) is 5.26 Å². The molecule has 1 aromatic heterocycles. The van der Waals surface area contributed by atoms with Gasteiger partial charge in [-0.15, -0.1) is 0 Å². The van der Waals surface area contributed by atoms with Crippen LogP contribution in [-0.4, -0.2) is 38.2 Å². The molecule has 1 aromatic carbocycles. The van der Waals surface area contributed by atoms with Crippen LogP contribution >= 0.6 is 0 Å². The van der Waals surface area contributed by atoms with Gasteiger partial charge in [-0.3, -0.25) is 9.48 Å². The average Bonchev–Trinajstić information content (AvgIpc) is 3.37. The summed E-state index contributed by atoms with van der Waals surface area (Å²) in [7, 11) is 0. The van der Waals surface area contributed by atoms with E-state index in [1.807, 2.05) is 25.1 Å². The number of hydrogen-bond acceptors (Lipinski definition) is 4. The number of carbonyl (C=O) groups is 2. The van der Waals surface area contributed by atoms with Gasteiger partial charge in [-0.1, -0.05) is 31.2 Å². The van der Waals surface area contributed by atoms with Crippen LogP contribution in [0.2, 0.25) is 0 Å². The number of carbonyl (C=O) groups excluding carboxylic acids is 1. The van der Waals surface area contributed by atoms with Crippen molar-refractivity contribution in [1.29, 1.82) is 5.26 Å². The Bertz CT molecular complexity index is 1160. The predicted octanol–water partition coefficient (Wildman–Crippen LogP) is 2.97. The van der Waals surface area contributed by atoms with E-state index in [-0.39, 0.29) is 36.2 Å². The van der Waals surface area contributed by atoms with Gasteiger partial charge in [0.15, 0.2) is 5.69 Å². The summed E-state index contributed by atoms with van der Waals surface area (Å²) in [6, 6.07) is 6.01. The highest BCUT2D eigenvalue weighted by Gasteiger charge is 2.34. The molecule has 30 heavy (non-hydrogen) atoms. The molecular formula is C22H19FN4O3. The summed E-state index contributed by atoms with van der Waals surface area (Å²) in [5.41, 5.74) is 2.43. The molecule has 1 unspecified atom stereocenters. The average molecular weight is 406 g/mol. The lowest BCUT2D eigenvalue weighted by molar-refractivity contribution is -0.128. The van der Waals surface area contributed by atoms with Crippen LogP contribution in [0.4, 0.5) is 4.39 Å². The van der Waals surface area contributed by atoms with Crippen molar-refractivity contribution in [1.82, 2.24) is 14.7 Å². The van der Waals surface area contributed by atoms with Crippen molar-refractivity contribution in [2.24, 2.45) is 0 Å². The summed E-state index contributed by atoms with van der Waals surface area (Å²) in [5.74, 6) is -2.00. The van der Waals surface area contributed by atoms with Crippen molar-refractivity contribution >= 4 is 11.9 Å². The van der Waals surface area contributed by atoms with Crippen molar-refractivity contribution in [3.8, 4) is 6.07 Å². The minimum atomic E-state index is -1.16. The number of carboxylic acid groups (broad SMARTS) is 1. The molecule has 0 radical (unpaired) electrons. The lowest BCUT2D eigenvalue weighted by Gasteiger charge is -2.32. The van der Waals surface area contributed by atoms with Crippen LogP contribution < -0.4 is 0 Å². The highest BCUT2D eigenvalue weighted by molar-refractivity contribution is 5.95. The van der Waals surface area contributed by atoms with Gasteiger partial charge in [0.25, 0.3) is 0 Å². The normalized spacial score (nSPS) is 17.4. The van der Waals surface area contributed by atoms with E-state index in [9.17, 15) is 19.1 Å². The van der Waals surface area contributed by atoms with E-state index in [1.165, 1.54) is 12.1 Å². The fourth-order valence-corrected chi connectivity index (χ4v) is 4.08. The molecule has 0 fully saturated rings. The number of fused-ring (bicyclic) bond motifs is 1. The van der Waals surface area contributed by atoms with Crippen LogP contribution in [0.5, 0.6) is 0 Å². The number of aromatic nitrogens is 2. The lowest BCUT2D eigenvalue weighted by Crippen LogP contribution is -2.39. The van der Waals surface area contributed by atoms with Gasteiger partial charge in [0, 0.05) is 29.3 Å². The molecule has 4 rings (SSSR count). The molecular weight excluding hydrogens is 387 g/mol. The second-order valence-corrected chi connectivity index (χ2v) is 7.51. The van der Waals surface area contributed by atoms with Crippen LogP contribution in [0, 0.1) is 17.1 Å². The second kappa shape index (κ2) is 7.59. The number of rotatable bonds is 4. The molecule has 1 aliphatic carbocycles. The maximum atomic E-state index is 13.6. The fourth-order valence-electron chi connectivity index (χ4n) is 4.08. The SMILES string of the molecule is CC1CN(C(=O)C2=CC=CC2)Cc2c(C(=O)O)nn(Cc3ccc(F)c(C#N)c3)c21. The van der Waals surface area contributed by atoms with E-state index in [1.54, 1.807) is 21.7 Å². The topological polar surface area (TPSA) is 99.2 Å². The number of amides is 1. The van der Waals surface area contributed by atoms with Gasteiger partial charge >= 0.3 is 5.97 Å². The summed E-state index contributed by atoms with van der Waals surface area (Å²) in [4.78, 5) is 26.3. The number of nitriles is 1. The molecule has 7 nitrogen and oxygen atoms in total. The minimum Gasteiger partial charge on any atom is -0.476 e. The Balaban J connectivity index is 1.69. The third-order valence-corrected chi connectivity index (χ3v) is 5.42. The van der Waals surface area contributed by atoms with Crippen LogP contribution in [-0.2, 0) is 17.9 Å². The first-order valence-electron chi connectivity index (χ1n) is 9.55. The summed E-state index contributed by atoms with van der Waals surface area (Å²) in [6.45, 7) is 2.75. The molecule has 1 amide bonds. The molecule has 1 aliphatic heterocycles. The Morgan fingerprint density at radius 2 is 2.20 bits per heavy atom. The molecule has 2 aromatic rings. The largest absolute Gasteiger partial charge is 0.476 e. The summed E-state index contributed by atoms with van der Waals surface area (Å²) >= 11 is 0. The first-order chi connectivity index (χ1) is 14.4. The monoisotopic (exact) mass is 406 g/mol. The van der Waals surface area contributed by atoms with E-state index in [0.717, 1.165) is 5.69 Å². The molecule has 0 bridgehead atoms. The van der Waals surface area contributed by atoms with E-state index < -0.39 is 11.8 Å². The lowest BCUT2D eigenvalue weighted by atomic mass is 9.95. The molecule has 0 saturated carbocycles. The fraction of sp³-hybridized carbons (Fsp3) is 0.273. The molecule has 2 heterocycles. The quantitative estimate of drug-likeness (QED) is 0.842. The van der Waals surface area contributed by atoms with Gasteiger partial charge < -0.3 is 10.0 Å². The van der Waals surface area contributed by atoms with Gasteiger partial charge in [0.05, 0.1) is 18.7 Å². The maximum absolute atomic E-state index is 13.6. The molecule has 8 heteroatoms. The number of allylic oxidation sites excluding steroid dienone is 3. The van der Waals surface area contributed by atoms with Gasteiger partial charge in [-0.25, -0.2) is 9.18 Å². The Kier molecular flexibility index (Phi) is 4.96. The van der Waals surface area contributed by atoms with Gasteiger partial charge in [-0.05, 0) is 24.1 Å². The number of aromatic carboxylic acids is 1. The van der Waals surface area contributed by atoms with Crippen molar-refractivity contribution in [2.45, 2.75) is 32.4 Å². The molecule has 0 spiro atoms. The zero-order valence-electron chi connectivity index (χ0n) is 16.3. The smallest absolute Gasteiger partial charge is 0.356 e. The van der Waals surface area contributed by atoms with Crippen molar-refractivity contribution in [2.75, 3.05) is 6.54 Å². The van der Waals surface area contributed by atoms with Crippen molar-refractivity contribution in [3.05, 3.63) is 75.9 Å². The highest BCUT2D eigenvalue weighted by atomic mass is 19.1. The zero-order chi connectivity index (χ0) is 21.4. The third-order valence-electron chi connectivity index (χ3n) is 5.42. The Hall–Kier alpha value is -3.73. The Labute approximate surface area is 172 Å². The Morgan fingerprint density at radius 1 is 1.40 bits per heavy atom.